The fourth-order valence-corrected chi connectivity index (χ4v) is 8.48. The van der Waals surface area contributed by atoms with Crippen LogP contribution in [-0.2, 0) is 10.8 Å². The fraction of sp³-hybridized carbons (Fsp3) is 0.125. The normalized spacial score (nSPS) is 14.6. The zero-order chi connectivity index (χ0) is 34.5. The van der Waals surface area contributed by atoms with Crippen molar-refractivity contribution in [2.75, 3.05) is 0 Å². The molecule has 0 amide bonds. The molecule has 0 bridgehead atoms. The molecule has 0 saturated heterocycles. The quantitative estimate of drug-likeness (QED) is 0.190. The lowest BCUT2D eigenvalue weighted by Gasteiger charge is -2.49. The first-order valence-electron chi connectivity index (χ1n) is 17.7. The minimum atomic E-state index is -0.175. The van der Waals surface area contributed by atoms with Gasteiger partial charge in [-0.1, -0.05) is 143 Å². The molecule has 0 unspecified atom stereocenters. The van der Waals surface area contributed by atoms with Crippen molar-refractivity contribution in [3.63, 3.8) is 0 Å². The lowest BCUT2D eigenvalue weighted by Crippen LogP contribution is -2.43. The van der Waals surface area contributed by atoms with E-state index in [1.54, 1.807) is 0 Å². The highest BCUT2D eigenvalue weighted by molar-refractivity contribution is 6.13. The number of rotatable bonds is 3. The predicted molar refractivity (Wildman–Crippen MR) is 212 cm³/mol. The molecule has 0 N–H and O–H groups in total. The maximum Gasteiger partial charge on any atom is 0.160 e. The molecule has 3 nitrogen and oxygen atoms in total. The summed E-state index contributed by atoms with van der Waals surface area (Å²) in [6, 6.07) is 51.8. The molecule has 0 saturated carbocycles. The van der Waals surface area contributed by atoms with Crippen LogP contribution in [0.25, 0.3) is 88.5 Å². The lowest BCUT2D eigenvalue weighted by molar-refractivity contribution is 0.302. The second-order valence-corrected chi connectivity index (χ2v) is 15.0. The average Bonchev–Trinajstić information content (AvgIpc) is 3.54. The Kier molecular flexibility index (Phi) is 6.27. The van der Waals surface area contributed by atoms with Crippen molar-refractivity contribution in [1.82, 2.24) is 9.97 Å². The molecule has 10 rings (SSSR count). The van der Waals surface area contributed by atoms with Crippen LogP contribution in [0.15, 0.2) is 150 Å². The third-order valence-electron chi connectivity index (χ3n) is 11.8. The predicted octanol–water partition coefficient (Wildman–Crippen LogP) is 12.9. The molecule has 1 aliphatic rings. The van der Waals surface area contributed by atoms with Gasteiger partial charge in [0.25, 0.3) is 0 Å². The summed E-state index contributed by atoms with van der Waals surface area (Å²) in [6.07, 6.45) is 0. The van der Waals surface area contributed by atoms with Crippen LogP contribution in [0, 0.1) is 0 Å². The van der Waals surface area contributed by atoms with E-state index in [0.717, 1.165) is 61.2 Å². The topological polar surface area (TPSA) is 38.9 Å². The van der Waals surface area contributed by atoms with Gasteiger partial charge in [0, 0.05) is 32.7 Å². The van der Waals surface area contributed by atoms with Gasteiger partial charge < -0.3 is 4.42 Å². The molecule has 7 aromatic carbocycles. The molecule has 0 radical (unpaired) electrons. The zero-order valence-electron chi connectivity index (χ0n) is 29.2. The first kappa shape index (κ1) is 29.8. The molecule has 0 atom stereocenters. The summed E-state index contributed by atoms with van der Waals surface area (Å²) in [5, 5.41) is 5.95. The first-order valence-corrected chi connectivity index (χ1v) is 17.7. The molecular formula is C48H36N2O. The number of nitrogens with zero attached hydrogens (tertiary/aromatic N) is 2. The van der Waals surface area contributed by atoms with Crippen molar-refractivity contribution in [1.29, 1.82) is 0 Å². The Morgan fingerprint density at radius 1 is 0.490 bits per heavy atom. The molecular weight excluding hydrogens is 621 g/mol. The van der Waals surface area contributed by atoms with Crippen LogP contribution >= 0.6 is 0 Å². The van der Waals surface area contributed by atoms with Gasteiger partial charge in [-0.25, -0.2) is 9.97 Å². The third-order valence-corrected chi connectivity index (χ3v) is 11.8. The second kappa shape index (κ2) is 10.7. The number of hydrogen-bond donors (Lipinski definition) is 0. The van der Waals surface area contributed by atoms with Crippen LogP contribution in [-0.4, -0.2) is 9.97 Å². The Bertz CT molecular complexity index is 2850. The largest absolute Gasteiger partial charge is 0.456 e. The van der Waals surface area contributed by atoms with Crippen LogP contribution in [0.2, 0.25) is 0 Å². The van der Waals surface area contributed by atoms with Gasteiger partial charge in [0.15, 0.2) is 5.82 Å². The average molecular weight is 657 g/mol. The standard InChI is InChI=1S/C48H36N2O/c1-47(2)38-24-20-29-13-11-12-18-34(29)42(38)36-23-26-41-43(44(36)48(47,3)4)37-27-32(21-25-40(37)51-41)33-19-22-35-39(28-33)49-46(31-16-9-6-10-17-31)50-45(35)30-14-7-5-8-15-30/h5-28H,1-4H3. The van der Waals surface area contributed by atoms with E-state index in [1.807, 2.05) is 24.3 Å². The van der Waals surface area contributed by atoms with Gasteiger partial charge >= 0.3 is 0 Å². The minimum Gasteiger partial charge on any atom is -0.456 e. The van der Waals surface area contributed by atoms with E-state index in [9.17, 15) is 0 Å². The summed E-state index contributed by atoms with van der Waals surface area (Å²) in [7, 11) is 0. The molecule has 0 aliphatic heterocycles. The van der Waals surface area contributed by atoms with Crippen molar-refractivity contribution in [3.05, 3.63) is 157 Å². The molecule has 1 aliphatic carbocycles. The van der Waals surface area contributed by atoms with Gasteiger partial charge in [0.05, 0.1) is 11.2 Å². The van der Waals surface area contributed by atoms with Crippen LogP contribution in [0.3, 0.4) is 0 Å². The van der Waals surface area contributed by atoms with Crippen molar-refractivity contribution in [2.24, 2.45) is 0 Å². The number of fused-ring (bicyclic) bond motifs is 10. The van der Waals surface area contributed by atoms with Gasteiger partial charge in [-0.3, -0.25) is 0 Å². The van der Waals surface area contributed by atoms with Crippen molar-refractivity contribution >= 4 is 43.6 Å². The number of aromatic nitrogens is 2. The summed E-state index contributed by atoms with van der Waals surface area (Å²) in [6.45, 7) is 9.62. The fourth-order valence-electron chi connectivity index (χ4n) is 8.48. The highest BCUT2D eigenvalue weighted by atomic mass is 16.3. The number of benzene rings is 7. The molecule has 2 aromatic heterocycles. The SMILES string of the molecule is CC1(C)c2ccc3ccccc3c2-c2ccc3oc4ccc(-c5ccc6c(-c7ccccc7)nc(-c7ccccc7)nc6c5)cc4c3c2C1(C)C. The van der Waals surface area contributed by atoms with Crippen molar-refractivity contribution < 1.29 is 4.42 Å². The summed E-state index contributed by atoms with van der Waals surface area (Å²) in [4.78, 5) is 10.2. The highest BCUT2D eigenvalue weighted by Crippen LogP contribution is 2.58. The maximum absolute atomic E-state index is 6.63. The smallest absolute Gasteiger partial charge is 0.160 e. The Labute approximate surface area is 297 Å². The van der Waals surface area contributed by atoms with Gasteiger partial charge in [-0.15, -0.1) is 0 Å². The summed E-state index contributed by atoms with van der Waals surface area (Å²) in [5.41, 5.74) is 13.1. The summed E-state index contributed by atoms with van der Waals surface area (Å²) < 4.78 is 6.63. The third kappa shape index (κ3) is 4.31. The maximum atomic E-state index is 6.63. The summed E-state index contributed by atoms with van der Waals surface area (Å²) >= 11 is 0. The first-order chi connectivity index (χ1) is 24.8. The van der Waals surface area contributed by atoms with Gasteiger partial charge in [0.1, 0.15) is 11.2 Å². The van der Waals surface area contributed by atoms with E-state index in [2.05, 4.69) is 149 Å². The van der Waals surface area contributed by atoms with E-state index in [1.165, 1.54) is 38.4 Å². The monoisotopic (exact) mass is 656 g/mol. The van der Waals surface area contributed by atoms with Gasteiger partial charge in [0.2, 0.25) is 0 Å². The molecule has 51 heavy (non-hydrogen) atoms. The van der Waals surface area contributed by atoms with Crippen LogP contribution in [0.4, 0.5) is 0 Å². The Morgan fingerprint density at radius 2 is 1.18 bits per heavy atom. The van der Waals surface area contributed by atoms with Gasteiger partial charge in [-0.2, -0.15) is 0 Å². The van der Waals surface area contributed by atoms with E-state index >= 15 is 0 Å². The molecule has 244 valence electrons. The van der Waals surface area contributed by atoms with Crippen LogP contribution in [0.1, 0.15) is 38.8 Å². The molecule has 3 heteroatoms. The molecule has 9 aromatic rings. The van der Waals surface area contributed by atoms with Crippen molar-refractivity contribution in [2.45, 2.75) is 38.5 Å². The minimum absolute atomic E-state index is 0.125. The van der Waals surface area contributed by atoms with Crippen molar-refractivity contribution in [3.8, 4) is 44.9 Å². The second-order valence-electron chi connectivity index (χ2n) is 15.0. The Balaban J connectivity index is 1.21. The van der Waals surface area contributed by atoms with E-state index in [4.69, 9.17) is 14.4 Å². The summed E-state index contributed by atoms with van der Waals surface area (Å²) in [5.74, 6) is 0.722. The lowest BCUT2D eigenvalue weighted by atomic mass is 9.54. The van der Waals surface area contributed by atoms with E-state index in [0.29, 0.717) is 0 Å². The van der Waals surface area contributed by atoms with E-state index in [-0.39, 0.29) is 10.8 Å². The molecule has 0 fully saturated rings. The Morgan fingerprint density at radius 3 is 1.98 bits per heavy atom. The highest BCUT2D eigenvalue weighted by Gasteiger charge is 2.47. The zero-order valence-corrected chi connectivity index (χ0v) is 29.2. The number of furan rings is 1. The van der Waals surface area contributed by atoms with E-state index < -0.39 is 0 Å². The number of hydrogen-bond acceptors (Lipinski definition) is 3. The van der Waals surface area contributed by atoms with Crippen LogP contribution in [0.5, 0.6) is 0 Å². The molecule has 0 spiro atoms. The van der Waals surface area contributed by atoms with Crippen LogP contribution < -0.4 is 0 Å². The molecule has 2 heterocycles. The van der Waals surface area contributed by atoms with Gasteiger partial charge in [-0.05, 0) is 79.9 Å². The Hall–Kier alpha value is -6.06.